The topological polar surface area (TPSA) is 75.1 Å². The van der Waals surface area contributed by atoms with Crippen molar-refractivity contribution in [3.63, 3.8) is 0 Å². The minimum Gasteiger partial charge on any atom is -0.487 e. The maximum atomic E-state index is 13.9. The molecule has 34 heavy (non-hydrogen) atoms. The standard InChI is InChI=1S/C25H34BN3O5/c1-16-13-18(26-33-24(3,4)25(5,6)34-26)10-11-19(16)28-17(2)15-32-20-14-27-29(22(20)23(28)30)21-9-7-8-12-31-21/h10-11,13-14,17,21H,7-9,12,15H2,1-6H3. The molecular formula is C25H34BN3O5. The third kappa shape index (κ3) is 3.83. The Bertz CT molecular complexity index is 1080. The van der Waals surface area contributed by atoms with Crippen molar-refractivity contribution in [3.05, 3.63) is 35.7 Å². The molecule has 1 aromatic carbocycles. The number of amides is 1. The molecule has 2 unspecified atom stereocenters. The maximum absolute atomic E-state index is 13.9. The van der Waals surface area contributed by atoms with Crippen LogP contribution in [0, 0.1) is 6.92 Å². The molecule has 0 spiro atoms. The van der Waals surface area contributed by atoms with Crippen LogP contribution in [0.2, 0.25) is 0 Å². The Labute approximate surface area is 201 Å². The maximum Gasteiger partial charge on any atom is 0.494 e. The number of aromatic nitrogens is 2. The summed E-state index contributed by atoms with van der Waals surface area (Å²) in [5.41, 5.74) is 2.38. The van der Waals surface area contributed by atoms with Crippen LogP contribution >= 0.6 is 0 Å². The van der Waals surface area contributed by atoms with Gasteiger partial charge in [0.25, 0.3) is 5.91 Å². The van der Waals surface area contributed by atoms with E-state index in [1.165, 1.54) is 0 Å². The summed E-state index contributed by atoms with van der Waals surface area (Å²) in [7, 11) is -0.449. The number of rotatable bonds is 3. The van der Waals surface area contributed by atoms with Crippen LogP contribution in [0.25, 0.3) is 0 Å². The van der Waals surface area contributed by atoms with E-state index in [2.05, 4.69) is 5.10 Å². The van der Waals surface area contributed by atoms with E-state index >= 15 is 0 Å². The number of anilines is 1. The van der Waals surface area contributed by atoms with Gasteiger partial charge in [0.2, 0.25) is 0 Å². The number of hydrogen-bond acceptors (Lipinski definition) is 6. The zero-order valence-electron chi connectivity index (χ0n) is 21.0. The molecule has 3 aliphatic heterocycles. The molecule has 2 atom stereocenters. The summed E-state index contributed by atoms with van der Waals surface area (Å²) in [6, 6.07) is 5.86. The molecule has 9 heteroatoms. The van der Waals surface area contributed by atoms with Crippen LogP contribution in [-0.2, 0) is 14.0 Å². The SMILES string of the molecule is Cc1cc(B2OC(C)(C)C(C)(C)O2)ccc1N1C(=O)c2c(cnn2C2CCCCO2)OCC1C. The summed E-state index contributed by atoms with van der Waals surface area (Å²) < 4.78 is 26.1. The van der Waals surface area contributed by atoms with Gasteiger partial charge in [-0.15, -0.1) is 0 Å². The first kappa shape index (κ1) is 23.4. The molecule has 182 valence electrons. The lowest BCUT2D eigenvalue weighted by Crippen LogP contribution is -2.42. The third-order valence-corrected chi connectivity index (χ3v) is 7.54. The second-order valence-corrected chi connectivity index (χ2v) is 10.6. The Morgan fingerprint density at radius 3 is 2.50 bits per heavy atom. The number of aryl methyl sites for hydroxylation is 1. The van der Waals surface area contributed by atoms with E-state index in [0.717, 1.165) is 36.0 Å². The van der Waals surface area contributed by atoms with E-state index in [0.29, 0.717) is 24.7 Å². The number of fused-ring (bicyclic) bond motifs is 1. The molecule has 0 N–H and O–H groups in total. The molecule has 4 heterocycles. The summed E-state index contributed by atoms with van der Waals surface area (Å²) in [5.74, 6) is 0.387. The Morgan fingerprint density at radius 2 is 1.85 bits per heavy atom. The average molecular weight is 467 g/mol. The number of carbonyl (C=O) groups is 1. The van der Waals surface area contributed by atoms with Crippen molar-refractivity contribution in [1.82, 2.24) is 9.78 Å². The van der Waals surface area contributed by atoms with Crippen LogP contribution in [0.15, 0.2) is 24.4 Å². The number of nitrogens with zero attached hydrogens (tertiary/aromatic N) is 3. The van der Waals surface area contributed by atoms with Gasteiger partial charge >= 0.3 is 7.12 Å². The monoisotopic (exact) mass is 467 g/mol. The molecule has 5 rings (SSSR count). The highest BCUT2D eigenvalue weighted by Crippen LogP contribution is 2.37. The molecule has 2 saturated heterocycles. The Balaban J connectivity index is 1.47. The van der Waals surface area contributed by atoms with Gasteiger partial charge in [0.1, 0.15) is 6.61 Å². The second-order valence-electron chi connectivity index (χ2n) is 10.6. The lowest BCUT2D eigenvalue weighted by atomic mass is 9.78. The molecule has 1 amide bonds. The van der Waals surface area contributed by atoms with E-state index < -0.39 is 18.3 Å². The van der Waals surface area contributed by atoms with Crippen LogP contribution in [0.4, 0.5) is 5.69 Å². The van der Waals surface area contributed by atoms with Crippen molar-refractivity contribution < 1.29 is 23.6 Å². The highest BCUT2D eigenvalue weighted by Gasteiger charge is 2.51. The van der Waals surface area contributed by atoms with Gasteiger partial charge < -0.3 is 23.7 Å². The first-order valence-electron chi connectivity index (χ1n) is 12.2. The van der Waals surface area contributed by atoms with Crippen molar-refractivity contribution in [3.8, 4) is 5.75 Å². The van der Waals surface area contributed by atoms with Crippen LogP contribution in [0.5, 0.6) is 5.75 Å². The smallest absolute Gasteiger partial charge is 0.487 e. The van der Waals surface area contributed by atoms with E-state index in [4.69, 9.17) is 18.8 Å². The van der Waals surface area contributed by atoms with E-state index in [9.17, 15) is 4.79 Å². The lowest BCUT2D eigenvalue weighted by molar-refractivity contribution is -0.0406. The lowest BCUT2D eigenvalue weighted by Gasteiger charge is -2.32. The van der Waals surface area contributed by atoms with Gasteiger partial charge in [0, 0.05) is 12.3 Å². The molecule has 0 aliphatic carbocycles. The summed E-state index contributed by atoms with van der Waals surface area (Å²) in [6.45, 7) is 13.2. The summed E-state index contributed by atoms with van der Waals surface area (Å²) in [6.07, 6.45) is 4.30. The fourth-order valence-corrected chi connectivity index (χ4v) is 4.81. The van der Waals surface area contributed by atoms with Crippen molar-refractivity contribution in [2.24, 2.45) is 0 Å². The highest BCUT2D eigenvalue weighted by molar-refractivity contribution is 6.62. The Kier molecular flexibility index (Phi) is 5.77. The van der Waals surface area contributed by atoms with Gasteiger partial charge in [0.05, 0.1) is 23.4 Å². The molecule has 2 fully saturated rings. The highest BCUT2D eigenvalue weighted by atomic mass is 16.7. The molecule has 3 aliphatic rings. The molecule has 2 aromatic rings. The average Bonchev–Trinajstić information content (AvgIpc) is 3.27. The Morgan fingerprint density at radius 1 is 1.12 bits per heavy atom. The van der Waals surface area contributed by atoms with Crippen molar-refractivity contribution in [1.29, 1.82) is 0 Å². The number of ether oxygens (including phenoxy) is 2. The van der Waals surface area contributed by atoms with Gasteiger partial charge in [-0.05, 0) is 77.9 Å². The van der Waals surface area contributed by atoms with Crippen LogP contribution in [0.3, 0.4) is 0 Å². The van der Waals surface area contributed by atoms with Gasteiger partial charge in [0.15, 0.2) is 17.7 Å². The quantitative estimate of drug-likeness (QED) is 0.642. The molecule has 1 aromatic heterocycles. The first-order chi connectivity index (χ1) is 16.1. The largest absolute Gasteiger partial charge is 0.494 e. The predicted molar refractivity (Wildman–Crippen MR) is 130 cm³/mol. The fraction of sp³-hybridized carbons (Fsp3) is 0.600. The molecule has 8 nitrogen and oxygen atoms in total. The summed E-state index contributed by atoms with van der Waals surface area (Å²) in [4.78, 5) is 15.7. The van der Waals surface area contributed by atoms with Gasteiger partial charge in [-0.2, -0.15) is 5.10 Å². The zero-order valence-corrected chi connectivity index (χ0v) is 21.0. The van der Waals surface area contributed by atoms with E-state index in [-0.39, 0.29) is 18.2 Å². The van der Waals surface area contributed by atoms with Crippen molar-refractivity contribution >= 4 is 24.2 Å². The third-order valence-electron chi connectivity index (χ3n) is 7.54. The summed E-state index contributed by atoms with van der Waals surface area (Å²) >= 11 is 0. The first-order valence-corrected chi connectivity index (χ1v) is 12.2. The minimum absolute atomic E-state index is 0.127. The molecular weight excluding hydrogens is 433 g/mol. The Hall–Kier alpha value is -2.36. The summed E-state index contributed by atoms with van der Waals surface area (Å²) in [5, 5.41) is 4.47. The van der Waals surface area contributed by atoms with Crippen molar-refractivity contribution in [2.75, 3.05) is 18.1 Å². The van der Waals surface area contributed by atoms with Gasteiger partial charge in [-0.1, -0.05) is 12.1 Å². The fourth-order valence-electron chi connectivity index (χ4n) is 4.81. The number of hydrogen-bond donors (Lipinski definition) is 0. The number of carbonyl (C=O) groups excluding carboxylic acids is 1. The van der Waals surface area contributed by atoms with Crippen molar-refractivity contribution in [2.45, 2.75) is 84.3 Å². The van der Waals surface area contributed by atoms with Crippen LogP contribution < -0.4 is 15.1 Å². The molecule has 0 radical (unpaired) electrons. The molecule has 0 bridgehead atoms. The van der Waals surface area contributed by atoms with E-state index in [1.807, 2.05) is 64.6 Å². The zero-order chi connectivity index (χ0) is 24.3. The van der Waals surface area contributed by atoms with Crippen LogP contribution in [-0.4, -0.2) is 53.3 Å². The van der Waals surface area contributed by atoms with E-state index in [1.54, 1.807) is 10.9 Å². The number of benzene rings is 1. The second kappa shape index (κ2) is 8.39. The van der Waals surface area contributed by atoms with Crippen LogP contribution in [0.1, 0.15) is 76.2 Å². The minimum atomic E-state index is -0.449. The molecule has 0 saturated carbocycles. The predicted octanol–water partition coefficient (Wildman–Crippen LogP) is 3.62. The van der Waals surface area contributed by atoms with Gasteiger partial charge in [-0.3, -0.25) is 4.79 Å². The normalized spacial score (nSPS) is 26.2. The van der Waals surface area contributed by atoms with Gasteiger partial charge in [-0.25, -0.2) is 4.68 Å².